The van der Waals surface area contributed by atoms with E-state index in [1.165, 1.54) is 24.8 Å². The third-order valence-electron chi connectivity index (χ3n) is 2.53. The number of imidazole rings is 1. The Hall–Kier alpha value is -2.70. The fourth-order valence-electron chi connectivity index (χ4n) is 1.60. The van der Waals surface area contributed by atoms with Crippen molar-refractivity contribution in [1.29, 1.82) is 0 Å². The average molecular weight is 256 g/mol. The number of rotatable bonds is 3. The highest BCUT2D eigenvalue weighted by molar-refractivity contribution is 5.79. The van der Waals surface area contributed by atoms with Crippen LogP contribution in [0.25, 0.3) is 11.2 Å². The van der Waals surface area contributed by atoms with Crippen LogP contribution >= 0.6 is 0 Å². The summed E-state index contributed by atoms with van der Waals surface area (Å²) in [6.45, 7) is 0.361. The van der Waals surface area contributed by atoms with Crippen molar-refractivity contribution in [3.63, 3.8) is 0 Å². The SMILES string of the molecule is Fc1ccc(CN=Nc2ncnc3nc[nH]c23)cc1. The van der Waals surface area contributed by atoms with Crippen LogP contribution in [-0.2, 0) is 6.54 Å². The summed E-state index contributed by atoms with van der Waals surface area (Å²) >= 11 is 0. The van der Waals surface area contributed by atoms with Gasteiger partial charge in [-0.05, 0) is 17.7 Å². The van der Waals surface area contributed by atoms with E-state index in [0.29, 0.717) is 23.5 Å². The minimum absolute atomic E-state index is 0.268. The summed E-state index contributed by atoms with van der Waals surface area (Å²) in [5, 5.41) is 8.07. The summed E-state index contributed by atoms with van der Waals surface area (Å²) in [5.74, 6) is 0.167. The van der Waals surface area contributed by atoms with Crippen LogP contribution in [0.5, 0.6) is 0 Å². The van der Waals surface area contributed by atoms with Crippen LogP contribution in [0.3, 0.4) is 0 Å². The first-order valence-corrected chi connectivity index (χ1v) is 5.59. The lowest BCUT2D eigenvalue weighted by Gasteiger charge is -1.95. The third-order valence-corrected chi connectivity index (χ3v) is 2.53. The van der Waals surface area contributed by atoms with Gasteiger partial charge in [0.1, 0.15) is 17.7 Å². The molecular formula is C12H9FN6. The van der Waals surface area contributed by atoms with Crippen molar-refractivity contribution in [2.24, 2.45) is 10.2 Å². The first-order valence-electron chi connectivity index (χ1n) is 5.59. The number of hydrogen-bond donors (Lipinski definition) is 1. The predicted octanol–water partition coefficient (Wildman–Crippen LogP) is 2.78. The smallest absolute Gasteiger partial charge is 0.203 e. The molecule has 0 radical (unpaired) electrons. The van der Waals surface area contributed by atoms with Gasteiger partial charge in [-0.15, -0.1) is 5.11 Å². The number of aromatic amines is 1. The highest BCUT2D eigenvalue weighted by Gasteiger charge is 2.03. The zero-order valence-electron chi connectivity index (χ0n) is 9.79. The van der Waals surface area contributed by atoms with E-state index in [1.54, 1.807) is 12.1 Å². The van der Waals surface area contributed by atoms with Gasteiger partial charge in [-0.2, -0.15) is 5.11 Å². The number of fused-ring (bicyclic) bond motifs is 1. The fraction of sp³-hybridized carbons (Fsp3) is 0.0833. The molecule has 0 saturated heterocycles. The largest absolute Gasteiger partial charge is 0.340 e. The van der Waals surface area contributed by atoms with Crippen molar-refractivity contribution >= 4 is 17.0 Å². The molecule has 0 aliphatic heterocycles. The topological polar surface area (TPSA) is 79.2 Å². The number of nitrogens with zero attached hydrogens (tertiary/aromatic N) is 5. The molecule has 94 valence electrons. The van der Waals surface area contributed by atoms with Gasteiger partial charge in [0.15, 0.2) is 5.65 Å². The van der Waals surface area contributed by atoms with Crippen molar-refractivity contribution in [2.75, 3.05) is 0 Å². The Morgan fingerprint density at radius 2 is 1.95 bits per heavy atom. The number of hydrogen-bond acceptors (Lipinski definition) is 5. The fourth-order valence-corrected chi connectivity index (χ4v) is 1.60. The second-order valence-corrected chi connectivity index (χ2v) is 3.82. The van der Waals surface area contributed by atoms with E-state index >= 15 is 0 Å². The van der Waals surface area contributed by atoms with Gasteiger partial charge in [-0.3, -0.25) is 0 Å². The lowest BCUT2D eigenvalue weighted by atomic mass is 10.2. The molecule has 0 bridgehead atoms. The number of benzene rings is 1. The molecule has 1 aromatic carbocycles. The van der Waals surface area contributed by atoms with Crippen LogP contribution < -0.4 is 0 Å². The average Bonchev–Trinajstić information content (AvgIpc) is 2.90. The molecule has 6 nitrogen and oxygen atoms in total. The van der Waals surface area contributed by atoms with Gasteiger partial charge in [0.05, 0.1) is 12.9 Å². The lowest BCUT2D eigenvalue weighted by molar-refractivity contribution is 0.627. The molecule has 0 saturated carbocycles. The van der Waals surface area contributed by atoms with Gasteiger partial charge in [0.25, 0.3) is 0 Å². The summed E-state index contributed by atoms with van der Waals surface area (Å²) in [6.07, 6.45) is 2.91. The Labute approximate surface area is 107 Å². The molecule has 3 aromatic rings. The Balaban J connectivity index is 1.79. The highest BCUT2D eigenvalue weighted by Crippen LogP contribution is 2.18. The second kappa shape index (κ2) is 4.89. The number of halogens is 1. The van der Waals surface area contributed by atoms with Crippen LogP contribution in [-0.4, -0.2) is 19.9 Å². The van der Waals surface area contributed by atoms with Gasteiger partial charge in [-0.1, -0.05) is 12.1 Å². The predicted molar refractivity (Wildman–Crippen MR) is 66.3 cm³/mol. The van der Waals surface area contributed by atoms with Gasteiger partial charge in [0.2, 0.25) is 5.82 Å². The molecule has 0 aliphatic rings. The van der Waals surface area contributed by atoms with E-state index in [9.17, 15) is 4.39 Å². The maximum absolute atomic E-state index is 12.7. The van der Waals surface area contributed by atoms with E-state index in [2.05, 4.69) is 30.2 Å². The van der Waals surface area contributed by atoms with Gasteiger partial charge >= 0.3 is 0 Å². The van der Waals surface area contributed by atoms with Crippen molar-refractivity contribution < 1.29 is 4.39 Å². The Morgan fingerprint density at radius 1 is 1.11 bits per heavy atom. The van der Waals surface area contributed by atoms with Gasteiger partial charge < -0.3 is 4.98 Å². The molecule has 0 unspecified atom stereocenters. The van der Waals surface area contributed by atoms with Gasteiger partial charge in [0, 0.05) is 0 Å². The highest BCUT2D eigenvalue weighted by atomic mass is 19.1. The normalized spacial score (nSPS) is 11.4. The zero-order valence-corrected chi connectivity index (χ0v) is 9.79. The van der Waals surface area contributed by atoms with Crippen molar-refractivity contribution in [3.8, 4) is 0 Å². The minimum Gasteiger partial charge on any atom is -0.340 e. The van der Waals surface area contributed by atoms with Gasteiger partial charge in [-0.25, -0.2) is 19.3 Å². The number of aromatic nitrogens is 4. The van der Waals surface area contributed by atoms with E-state index in [-0.39, 0.29) is 5.82 Å². The molecule has 0 aliphatic carbocycles. The van der Waals surface area contributed by atoms with E-state index in [1.807, 2.05) is 0 Å². The molecule has 0 spiro atoms. The summed E-state index contributed by atoms with van der Waals surface area (Å²) in [5.41, 5.74) is 2.07. The standard InChI is InChI=1S/C12H9FN6/c13-9-3-1-8(2-4-9)5-18-19-12-10-11(15-6-14-10)16-7-17-12/h1-4,6-7H,5H2,(H,14,15,16,17). The quantitative estimate of drug-likeness (QED) is 0.732. The monoisotopic (exact) mass is 256 g/mol. The van der Waals surface area contributed by atoms with E-state index in [0.717, 1.165) is 5.56 Å². The van der Waals surface area contributed by atoms with Crippen LogP contribution in [0.1, 0.15) is 5.56 Å². The molecular weight excluding hydrogens is 247 g/mol. The maximum atomic E-state index is 12.7. The molecule has 0 amide bonds. The summed E-state index contributed by atoms with van der Waals surface area (Å²) in [7, 11) is 0. The number of nitrogens with one attached hydrogen (secondary N) is 1. The minimum atomic E-state index is -0.268. The van der Waals surface area contributed by atoms with Crippen LogP contribution in [0.4, 0.5) is 10.2 Å². The second-order valence-electron chi connectivity index (χ2n) is 3.82. The third kappa shape index (κ3) is 2.44. The van der Waals surface area contributed by atoms with E-state index in [4.69, 9.17) is 0 Å². The molecule has 2 heterocycles. The first-order chi connectivity index (χ1) is 9.33. The molecule has 19 heavy (non-hydrogen) atoms. The Morgan fingerprint density at radius 3 is 2.79 bits per heavy atom. The van der Waals surface area contributed by atoms with Crippen LogP contribution in [0.15, 0.2) is 47.1 Å². The first kappa shape index (κ1) is 11.4. The Kier molecular flexibility index (Phi) is 2.93. The van der Waals surface area contributed by atoms with E-state index < -0.39 is 0 Å². The number of azo groups is 1. The molecule has 3 rings (SSSR count). The van der Waals surface area contributed by atoms with Crippen molar-refractivity contribution in [1.82, 2.24) is 19.9 Å². The van der Waals surface area contributed by atoms with Crippen molar-refractivity contribution in [2.45, 2.75) is 6.54 Å². The van der Waals surface area contributed by atoms with Crippen LogP contribution in [0.2, 0.25) is 0 Å². The molecule has 7 heteroatoms. The lowest BCUT2D eigenvalue weighted by Crippen LogP contribution is -1.83. The maximum Gasteiger partial charge on any atom is 0.203 e. The summed E-state index contributed by atoms with van der Waals surface area (Å²) in [4.78, 5) is 14.9. The van der Waals surface area contributed by atoms with Crippen LogP contribution in [0, 0.1) is 5.82 Å². The van der Waals surface area contributed by atoms with Crippen molar-refractivity contribution in [3.05, 3.63) is 48.3 Å². The molecule has 0 atom stereocenters. The number of H-pyrrole nitrogens is 1. The zero-order chi connectivity index (χ0) is 13.1. The summed E-state index contributed by atoms with van der Waals surface area (Å²) in [6, 6.07) is 6.12. The summed E-state index contributed by atoms with van der Waals surface area (Å²) < 4.78 is 12.7. The molecule has 2 aromatic heterocycles. The molecule has 0 fully saturated rings. The molecule has 1 N–H and O–H groups in total. The Bertz CT molecular complexity index is 718.